The minimum atomic E-state index is -0.670. The maximum atomic E-state index is 13.6. The molecule has 2 heterocycles. The first-order chi connectivity index (χ1) is 21.2. The van der Waals surface area contributed by atoms with Crippen LogP contribution in [0.5, 0.6) is 0 Å². The van der Waals surface area contributed by atoms with Gasteiger partial charge in [-0.1, -0.05) is 13.0 Å². The zero-order valence-electron chi connectivity index (χ0n) is 25.3. The Balaban J connectivity index is 1.46. The summed E-state index contributed by atoms with van der Waals surface area (Å²) in [4.78, 5) is 51.9. The molecule has 0 aliphatic rings. The van der Waals surface area contributed by atoms with Crippen molar-refractivity contribution in [3.8, 4) is 0 Å². The van der Waals surface area contributed by atoms with Crippen LogP contribution >= 0.6 is 0 Å². The molecule has 3 N–H and O–H groups in total. The number of aliphatic imine (C=N–C) groups is 1. The fourth-order valence-corrected chi connectivity index (χ4v) is 4.48. The number of aromatic nitrogens is 3. The summed E-state index contributed by atoms with van der Waals surface area (Å²) in [7, 11) is 1.92. The molecule has 0 aliphatic heterocycles. The summed E-state index contributed by atoms with van der Waals surface area (Å²) < 4.78 is 12.2. The zero-order valence-corrected chi connectivity index (χ0v) is 25.3. The van der Waals surface area contributed by atoms with E-state index < -0.39 is 6.23 Å². The van der Waals surface area contributed by atoms with Gasteiger partial charge in [0.25, 0.3) is 5.91 Å². The van der Waals surface area contributed by atoms with Crippen molar-refractivity contribution < 1.29 is 23.9 Å². The molecule has 4 rings (SSSR count). The number of hydrogen-bond donors (Lipinski definition) is 2. The first-order valence-electron chi connectivity index (χ1n) is 14.4. The molecule has 0 saturated heterocycles. The molecule has 230 valence electrons. The summed E-state index contributed by atoms with van der Waals surface area (Å²) in [5.74, 6) is 0.480. The smallest absolute Gasteiger partial charge is 0.307 e. The quantitative estimate of drug-likeness (QED) is 0.131. The third-order valence-electron chi connectivity index (χ3n) is 6.78. The van der Waals surface area contributed by atoms with Crippen LogP contribution in [0.1, 0.15) is 55.4 Å². The van der Waals surface area contributed by atoms with E-state index in [4.69, 9.17) is 20.2 Å². The molecule has 1 atom stereocenters. The molecule has 12 nitrogen and oxygen atoms in total. The molecule has 0 aliphatic carbocycles. The number of esters is 2. The highest BCUT2D eigenvalue weighted by molar-refractivity contribution is 6.07. The number of carbonyl (C=O) groups excluding carboxylic acids is 3. The van der Waals surface area contributed by atoms with Crippen molar-refractivity contribution in [3.05, 3.63) is 83.8 Å². The third-order valence-corrected chi connectivity index (χ3v) is 6.78. The number of nitrogens with one attached hydrogen (secondary N) is 1. The molecule has 4 aromatic rings. The number of anilines is 2. The summed E-state index contributed by atoms with van der Waals surface area (Å²) in [6.45, 7) is 5.96. The van der Waals surface area contributed by atoms with E-state index in [2.05, 4.69) is 15.3 Å². The van der Waals surface area contributed by atoms with E-state index in [0.29, 0.717) is 29.0 Å². The summed E-state index contributed by atoms with van der Waals surface area (Å²) in [5, 5.41) is 3.36. The predicted octanol–water partition coefficient (Wildman–Crippen LogP) is 4.18. The SMILES string of the molecule is CCOC(=O)CCN(C(=O)c1ccc2c(c1)nc(CNc1ccc(/C(N)=N/C(C)OC(=O)CC)cc1)n2C)c1ccccn1. The highest BCUT2D eigenvalue weighted by atomic mass is 16.6. The van der Waals surface area contributed by atoms with Crippen LogP contribution in [-0.4, -0.2) is 57.6 Å². The predicted molar refractivity (Wildman–Crippen MR) is 168 cm³/mol. The molecule has 1 unspecified atom stereocenters. The number of amides is 1. The van der Waals surface area contributed by atoms with Crippen molar-refractivity contribution in [2.45, 2.75) is 46.4 Å². The Morgan fingerprint density at radius 1 is 1.05 bits per heavy atom. The van der Waals surface area contributed by atoms with Gasteiger partial charge in [0.05, 0.1) is 30.6 Å². The van der Waals surface area contributed by atoms with Gasteiger partial charge < -0.3 is 25.1 Å². The van der Waals surface area contributed by atoms with Gasteiger partial charge in [-0.05, 0) is 68.4 Å². The van der Waals surface area contributed by atoms with Crippen molar-refractivity contribution in [1.29, 1.82) is 0 Å². The fourth-order valence-electron chi connectivity index (χ4n) is 4.48. The summed E-state index contributed by atoms with van der Waals surface area (Å²) >= 11 is 0. The molecule has 0 radical (unpaired) electrons. The van der Waals surface area contributed by atoms with Crippen LogP contribution in [0.4, 0.5) is 11.5 Å². The Hall–Kier alpha value is -5.26. The normalized spacial score (nSPS) is 12.0. The van der Waals surface area contributed by atoms with E-state index in [1.807, 2.05) is 41.9 Å². The van der Waals surface area contributed by atoms with E-state index in [9.17, 15) is 14.4 Å². The van der Waals surface area contributed by atoms with Crippen LogP contribution in [0.3, 0.4) is 0 Å². The van der Waals surface area contributed by atoms with Crippen molar-refractivity contribution >= 4 is 46.2 Å². The number of aryl methyl sites for hydroxylation is 1. The maximum absolute atomic E-state index is 13.6. The van der Waals surface area contributed by atoms with Gasteiger partial charge >= 0.3 is 11.9 Å². The second-order valence-electron chi connectivity index (χ2n) is 9.88. The molecule has 44 heavy (non-hydrogen) atoms. The monoisotopic (exact) mass is 599 g/mol. The number of ether oxygens (including phenoxy) is 2. The number of benzene rings is 2. The van der Waals surface area contributed by atoms with Crippen molar-refractivity contribution in [2.24, 2.45) is 17.8 Å². The number of amidine groups is 1. The Bertz CT molecular complexity index is 1630. The topological polar surface area (TPSA) is 154 Å². The number of pyridine rings is 1. The zero-order chi connectivity index (χ0) is 31.6. The average molecular weight is 600 g/mol. The lowest BCUT2D eigenvalue weighted by molar-refractivity contribution is -0.147. The molecule has 0 bridgehead atoms. The largest absolute Gasteiger partial charge is 0.466 e. The first kappa shape index (κ1) is 31.7. The van der Waals surface area contributed by atoms with Crippen LogP contribution in [0.15, 0.2) is 71.9 Å². The number of fused-ring (bicyclic) bond motifs is 1. The molecule has 0 spiro atoms. The fraction of sp³-hybridized carbons (Fsp3) is 0.312. The number of imidazole rings is 1. The standard InChI is InChI=1S/C32H37N7O5/c1-5-29(40)44-21(3)36-31(33)22-10-13-24(14-11-22)35-20-28-37-25-19-23(12-15-26(25)38(28)4)32(42)39(18-16-30(41)43-6-2)27-9-7-8-17-34-27/h7-15,17,19,21,35H,5-6,16,18,20H2,1-4H3,(H2,33,36). The minimum absolute atomic E-state index is 0.0473. The lowest BCUT2D eigenvalue weighted by atomic mass is 10.1. The summed E-state index contributed by atoms with van der Waals surface area (Å²) in [6, 6.07) is 18.1. The molecular weight excluding hydrogens is 562 g/mol. The van der Waals surface area contributed by atoms with Gasteiger partial charge in [-0.25, -0.2) is 15.0 Å². The van der Waals surface area contributed by atoms with Gasteiger partial charge in [0, 0.05) is 43.0 Å². The molecule has 2 aromatic carbocycles. The van der Waals surface area contributed by atoms with Crippen molar-refractivity contribution in [1.82, 2.24) is 14.5 Å². The van der Waals surface area contributed by atoms with Crippen LogP contribution < -0.4 is 16.0 Å². The van der Waals surface area contributed by atoms with E-state index >= 15 is 0 Å². The Morgan fingerprint density at radius 3 is 2.48 bits per heavy atom. The Morgan fingerprint density at radius 2 is 1.80 bits per heavy atom. The number of rotatable bonds is 13. The second kappa shape index (κ2) is 14.8. The molecule has 0 saturated carbocycles. The van der Waals surface area contributed by atoms with E-state index in [1.54, 1.807) is 57.3 Å². The molecule has 12 heteroatoms. The number of nitrogens with two attached hydrogens (primary N) is 1. The van der Waals surface area contributed by atoms with Crippen LogP contribution in [-0.2, 0) is 32.7 Å². The maximum Gasteiger partial charge on any atom is 0.307 e. The molecule has 2 aromatic heterocycles. The van der Waals surface area contributed by atoms with Gasteiger partial charge in [-0.2, -0.15) is 0 Å². The van der Waals surface area contributed by atoms with Gasteiger partial charge in [0.1, 0.15) is 17.5 Å². The van der Waals surface area contributed by atoms with Crippen LogP contribution in [0.2, 0.25) is 0 Å². The molecule has 1 amide bonds. The average Bonchev–Trinajstić information content (AvgIpc) is 3.35. The van der Waals surface area contributed by atoms with Crippen molar-refractivity contribution in [2.75, 3.05) is 23.4 Å². The summed E-state index contributed by atoms with van der Waals surface area (Å²) in [5.41, 5.74) is 9.61. The highest BCUT2D eigenvalue weighted by Crippen LogP contribution is 2.21. The minimum Gasteiger partial charge on any atom is -0.466 e. The summed E-state index contributed by atoms with van der Waals surface area (Å²) in [6.07, 6.45) is 1.25. The van der Waals surface area contributed by atoms with E-state index in [-0.39, 0.29) is 49.7 Å². The highest BCUT2D eigenvalue weighted by Gasteiger charge is 2.21. The molecular formula is C32H37N7O5. The lowest BCUT2D eigenvalue weighted by Crippen LogP contribution is -2.34. The Labute approximate surface area is 255 Å². The second-order valence-corrected chi connectivity index (χ2v) is 9.88. The number of carbonyl (C=O) groups is 3. The number of hydrogen-bond acceptors (Lipinski definition) is 9. The van der Waals surface area contributed by atoms with E-state index in [1.165, 1.54) is 4.90 Å². The Kier molecular flexibility index (Phi) is 10.6. The van der Waals surface area contributed by atoms with E-state index in [0.717, 1.165) is 17.0 Å². The number of nitrogens with zero attached hydrogens (tertiary/aromatic N) is 5. The lowest BCUT2D eigenvalue weighted by Gasteiger charge is -2.21. The van der Waals surface area contributed by atoms with Gasteiger partial charge in [0.2, 0.25) is 0 Å². The first-order valence-corrected chi connectivity index (χ1v) is 14.4. The van der Waals surface area contributed by atoms with Gasteiger partial charge in [-0.3, -0.25) is 19.3 Å². The van der Waals surface area contributed by atoms with Crippen LogP contribution in [0.25, 0.3) is 11.0 Å². The third kappa shape index (κ3) is 7.97. The molecule has 0 fully saturated rings. The van der Waals surface area contributed by atoms with Crippen molar-refractivity contribution in [3.63, 3.8) is 0 Å². The van der Waals surface area contributed by atoms with Gasteiger partial charge in [-0.15, -0.1) is 0 Å². The van der Waals surface area contributed by atoms with Gasteiger partial charge in [0.15, 0.2) is 6.23 Å². The van der Waals surface area contributed by atoms with Crippen LogP contribution in [0, 0.1) is 0 Å².